The first-order valence-electron chi connectivity index (χ1n) is 6.13. The topological polar surface area (TPSA) is 97.8 Å². The number of nitrogens with zero attached hydrogens (tertiary/aromatic N) is 3. The fourth-order valence-corrected chi connectivity index (χ4v) is 4.90. The van der Waals surface area contributed by atoms with Crippen LogP contribution in [-0.4, -0.2) is 41.1 Å². The number of primary amides is 1. The highest BCUT2D eigenvalue weighted by molar-refractivity contribution is 7.89. The van der Waals surface area contributed by atoms with Crippen molar-refractivity contribution in [3.63, 3.8) is 0 Å². The Morgan fingerprint density at radius 2 is 2.24 bits per heavy atom. The number of hydrogen-bond donors (Lipinski definition) is 1. The summed E-state index contributed by atoms with van der Waals surface area (Å²) in [5.41, 5.74) is 5.15. The maximum Gasteiger partial charge on any atom is 0.262 e. The predicted molar refractivity (Wildman–Crippen MR) is 80.9 cm³/mol. The van der Waals surface area contributed by atoms with E-state index in [0.717, 1.165) is 4.31 Å². The molecule has 0 unspecified atom stereocenters. The number of imidazole rings is 1. The molecule has 0 aromatic carbocycles. The van der Waals surface area contributed by atoms with Crippen LogP contribution in [0.4, 0.5) is 0 Å². The smallest absolute Gasteiger partial charge is 0.262 e. The third kappa shape index (κ3) is 3.20. The van der Waals surface area contributed by atoms with Gasteiger partial charge in [0.1, 0.15) is 0 Å². The molecule has 0 saturated carbocycles. The van der Waals surface area contributed by atoms with Crippen LogP contribution in [0.15, 0.2) is 16.6 Å². The average molecular weight is 351 g/mol. The maximum absolute atomic E-state index is 12.8. The van der Waals surface area contributed by atoms with E-state index in [2.05, 4.69) is 4.98 Å². The van der Waals surface area contributed by atoms with Crippen molar-refractivity contribution < 1.29 is 13.2 Å². The van der Waals surface area contributed by atoms with Crippen molar-refractivity contribution in [3.05, 3.63) is 16.7 Å². The van der Waals surface area contributed by atoms with E-state index in [-0.39, 0.29) is 22.6 Å². The van der Waals surface area contributed by atoms with Gasteiger partial charge in [0.2, 0.25) is 5.91 Å². The van der Waals surface area contributed by atoms with Crippen LogP contribution in [0, 0.1) is 5.92 Å². The molecule has 0 fully saturated rings. The minimum Gasteiger partial charge on any atom is -0.369 e. The molecule has 2 aromatic heterocycles. The van der Waals surface area contributed by atoms with Crippen LogP contribution in [0.5, 0.6) is 0 Å². The van der Waals surface area contributed by atoms with Crippen LogP contribution in [0.2, 0.25) is 5.15 Å². The molecule has 2 rings (SSSR count). The van der Waals surface area contributed by atoms with E-state index in [9.17, 15) is 13.2 Å². The minimum absolute atomic E-state index is 0.0313. The predicted octanol–water partition coefficient (Wildman–Crippen LogP) is 1.18. The molecule has 0 saturated heterocycles. The first kappa shape index (κ1) is 16.2. The summed E-state index contributed by atoms with van der Waals surface area (Å²) >= 11 is 7.23. The van der Waals surface area contributed by atoms with Crippen LogP contribution in [0.1, 0.15) is 13.8 Å². The van der Waals surface area contributed by atoms with Crippen LogP contribution in [0.3, 0.4) is 0 Å². The van der Waals surface area contributed by atoms with Crippen LogP contribution < -0.4 is 5.73 Å². The zero-order valence-electron chi connectivity index (χ0n) is 11.5. The van der Waals surface area contributed by atoms with Gasteiger partial charge < -0.3 is 5.73 Å². The van der Waals surface area contributed by atoms with Crippen molar-refractivity contribution >= 4 is 43.8 Å². The molecule has 0 aliphatic heterocycles. The molecular formula is C11H15ClN4O3S2. The Morgan fingerprint density at radius 1 is 1.57 bits per heavy atom. The summed E-state index contributed by atoms with van der Waals surface area (Å²) in [6, 6.07) is 0. The van der Waals surface area contributed by atoms with Crippen molar-refractivity contribution in [1.82, 2.24) is 13.7 Å². The number of rotatable bonds is 6. The Labute approximate surface area is 131 Å². The Kier molecular flexibility index (Phi) is 4.57. The van der Waals surface area contributed by atoms with Gasteiger partial charge in [-0.1, -0.05) is 25.4 Å². The molecule has 0 aliphatic carbocycles. The number of aromatic nitrogens is 2. The van der Waals surface area contributed by atoms with Gasteiger partial charge in [0.25, 0.3) is 10.0 Å². The zero-order chi connectivity index (χ0) is 15.8. The Morgan fingerprint density at radius 3 is 2.81 bits per heavy atom. The van der Waals surface area contributed by atoms with Crippen molar-refractivity contribution in [1.29, 1.82) is 0 Å². The SMILES string of the molecule is CC(C)CN(CC(N)=O)S(=O)(=O)c1c(Cl)nc2sccn12. The van der Waals surface area contributed by atoms with E-state index >= 15 is 0 Å². The number of halogens is 1. The molecule has 2 N–H and O–H groups in total. The molecule has 7 nitrogen and oxygen atoms in total. The number of sulfonamides is 1. The summed E-state index contributed by atoms with van der Waals surface area (Å²) in [7, 11) is -3.97. The number of nitrogens with two attached hydrogens (primary N) is 1. The molecular weight excluding hydrogens is 336 g/mol. The highest BCUT2D eigenvalue weighted by Gasteiger charge is 2.32. The summed E-state index contributed by atoms with van der Waals surface area (Å²) in [5, 5.41) is 1.46. The Bertz CT molecular complexity index is 766. The fourth-order valence-electron chi connectivity index (χ4n) is 1.92. The summed E-state index contributed by atoms with van der Waals surface area (Å²) in [5.74, 6) is -0.690. The number of amides is 1. The summed E-state index contributed by atoms with van der Waals surface area (Å²) in [6.45, 7) is 3.47. The molecule has 116 valence electrons. The standard InChI is InChI=1S/C11H15ClN4O3S2/c1-7(2)5-15(6-8(13)17)21(18,19)10-9(12)14-11-16(10)3-4-20-11/h3-4,7H,5-6H2,1-2H3,(H2,13,17). The Balaban J connectivity index is 2.53. The lowest BCUT2D eigenvalue weighted by atomic mass is 10.2. The van der Waals surface area contributed by atoms with Gasteiger partial charge in [0.05, 0.1) is 6.54 Å². The van der Waals surface area contributed by atoms with Crippen molar-refractivity contribution in [2.45, 2.75) is 18.9 Å². The van der Waals surface area contributed by atoms with E-state index in [0.29, 0.717) is 4.96 Å². The summed E-state index contributed by atoms with van der Waals surface area (Å²) < 4.78 is 28.0. The van der Waals surface area contributed by atoms with Crippen LogP contribution >= 0.6 is 22.9 Å². The third-order valence-corrected chi connectivity index (χ3v) is 5.63. The highest BCUT2D eigenvalue weighted by atomic mass is 35.5. The van der Waals surface area contributed by atoms with Crippen molar-refractivity contribution in [2.75, 3.05) is 13.1 Å². The second kappa shape index (κ2) is 5.91. The molecule has 0 atom stereocenters. The molecule has 21 heavy (non-hydrogen) atoms. The number of hydrogen-bond acceptors (Lipinski definition) is 5. The quantitative estimate of drug-likeness (QED) is 0.845. The number of carbonyl (C=O) groups is 1. The normalized spacial score (nSPS) is 12.6. The fraction of sp³-hybridized carbons (Fsp3) is 0.455. The monoisotopic (exact) mass is 350 g/mol. The van der Waals surface area contributed by atoms with E-state index in [1.54, 1.807) is 11.6 Å². The van der Waals surface area contributed by atoms with Gasteiger partial charge in [-0.05, 0) is 5.92 Å². The van der Waals surface area contributed by atoms with Gasteiger partial charge in [-0.3, -0.25) is 9.20 Å². The van der Waals surface area contributed by atoms with Crippen molar-refractivity contribution in [3.8, 4) is 0 Å². The van der Waals surface area contributed by atoms with Crippen LogP contribution in [0.25, 0.3) is 4.96 Å². The van der Waals surface area contributed by atoms with Gasteiger partial charge in [0.15, 0.2) is 15.1 Å². The summed E-state index contributed by atoms with van der Waals surface area (Å²) in [4.78, 5) is 15.6. The minimum atomic E-state index is -3.97. The van der Waals surface area contributed by atoms with Crippen LogP contribution in [-0.2, 0) is 14.8 Å². The molecule has 0 aliphatic rings. The number of carbonyl (C=O) groups excluding carboxylic acids is 1. The average Bonchev–Trinajstić information content (AvgIpc) is 2.85. The molecule has 2 aromatic rings. The molecule has 0 bridgehead atoms. The molecule has 2 heterocycles. The van der Waals surface area contributed by atoms with Gasteiger partial charge in [-0.15, -0.1) is 11.3 Å². The van der Waals surface area contributed by atoms with Gasteiger partial charge in [-0.2, -0.15) is 4.31 Å². The van der Waals surface area contributed by atoms with Gasteiger partial charge >= 0.3 is 0 Å². The second-order valence-corrected chi connectivity index (χ2v) is 8.01. The lowest BCUT2D eigenvalue weighted by Gasteiger charge is -2.22. The lowest BCUT2D eigenvalue weighted by molar-refractivity contribution is -0.118. The molecule has 0 spiro atoms. The van der Waals surface area contributed by atoms with E-state index in [1.165, 1.54) is 15.7 Å². The first-order chi connectivity index (χ1) is 9.73. The number of thiazole rings is 1. The van der Waals surface area contributed by atoms with Gasteiger partial charge in [0, 0.05) is 18.1 Å². The maximum atomic E-state index is 12.8. The highest BCUT2D eigenvalue weighted by Crippen LogP contribution is 2.28. The molecule has 1 amide bonds. The van der Waals surface area contributed by atoms with E-state index < -0.39 is 22.5 Å². The largest absolute Gasteiger partial charge is 0.369 e. The van der Waals surface area contributed by atoms with Crippen molar-refractivity contribution in [2.24, 2.45) is 11.7 Å². The molecule has 0 radical (unpaired) electrons. The van der Waals surface area contributed by atoms with E-state index in [4.69, 9.17) is 17.3 Å². The van der Waals surface area contributed by atoms with Gasteiger partial charge in [-0.25, -0.2) is 13.4 Å². The Hall–Kier alpha value is -1.16. The zero-order valence-corrected chi connectivity index (χ0v) is 13.9. The lowest BCUT2D eigenvalue weighted by Crippen LogP contribution is -2.41. The third-order valence-electron chi connectivity index (χ3n) is 2.66. The van der Waals surface area contributed by atoms with E-state index in [1.807, 2.05) is 13.8 Å². The molecule has 10 heteroatoms. The first-order valence-corrected chi connectivity index (χ1v) is 8.82. The second-order valence-electron chi connectivity index (χ2n) is 4.92. The number of fused-ring (bicyclic) bond motifs is 1. The summed E-state index contributed by atoms with van der Waals surface area (Å²) in [6.07, 6.45) is 1.57.